The molecular formula is C22H18ClFN2O3S2. The van der Waals surface area contributed by atoms with Crippen LogP contribution in [0, 0.1) is 5.82 Å². The van der Waals surface area contributed by atoms with Gasteiger partial charge in [-0.1, -0.05) is 47.2 Å². The molecule has 1 atom stereocenters. The standard InChI is InChI=1S/C22H18ClFN2O3S2/c1-14(16-4-8-18(24)9-5-16)25-31(28,29)19-10-11-20-21(12-19)30-22(27)26(20)13-15-2-6-17(23)7-3-15/h2-12,14,25H,13H2,1H3. The fourth-order valence-electron chi connectivity index (χ4n) is 3.26. The van der Waals surface area contributed by atoms with Crippen LogP contribution in [0.4, 0.5) is 4.39 Å². The van der Waals surface area contributed by atoms with Crippen molar-refractivity contribution >= 4 is 43.2 Å². The molecule has 0 bridgehead atoms. The monoisotopic (exact) mass is 476 g/mol. The van der Waals surface area contributed by atoms with Crippen molar-refractivity contribution in [2.45, 2.75) is 24.4 Å². The molecule has 1 aromatic heterocycles. The van der Waals surface area contributed by atoms with E-state index in [0.29, 0.717) is 27.3 Å². The maximum atomic E-state index is 13.1. The number of thiazole rings is 1. The summed E-state index contributed by atoms with van der Waals surface area (Å²) in [6.07, 6.45) is 0. The Balaban J connectivity index is 1.62. The molecule has 9 heteroatoms. The first-order chi connectivity index (χ1) is 14.7. The van der Waals surface area contributed by atoms with Crippen LogP contribution in [0.5, 0.6) is 0 Å². The number of sulfonamides is 1. The molecule has 0 aliphatic rings. The Labute approximate surface area is 187 Å². The van der Waals surface area contributed by atoms with Gasteiger partial charge in [0.1, 0.15) is 5.82 Å². The molecule has 0 fully saturated rings. The van der Waals surface area contributed by atoms with Gasteiger partial charge in [-0.15, -0.1) is 0 Å². The third-order valence-corrected chi connectivity index (χ3v) is 7.64. The molecule has 4 rings (SSSR count). The van der Waals surface area contributed by atoms with E-state index in [0.717, 1.165) is 16.9 Å². The van der Waals surface area contributed by atoms with Crippen LogP contribution in [-0.4, -0.2) is 13.0 Å². The Morgan fingerprint density at radius 1 is 1.06 bits per heavy atom. The summed E-state index contributed by atoms with van der Waals surface area (Å²) in [7, 11) is -3.84. The lowest BCUT2D eigenvalue weighted by Crippen LogP contribution is -2.26. The number of hydrogen-bond donors (Lipinski definition) is 1. The first kappa shape index (κ1) is 21.7. The Morgan fingerprint density at radius 3 is 2.42 bits per heavy atom. The number of rotatable bonds is 6. The first-order valence-electron chi connectivity index (χ1n) is 9.38. The smallest absolute Gasteiger partial charge is 0.294 e. The molecule has 1 heterocycles. The SMILES string of the molecule is CC(NS(=O)(=O)c1ccc2c(c1)sc(=O)n2Cc1ccc(Cl)cc1)c1ccc(F)cc1. The predicted octanol–water partition coefficient (Wildman–Crippen LogP) is 4.94. The highest BCUT2D eigenvalue weighted by atomic mass is 35.5. The molecule has 1 N–H and O–H groups in total. The summed E-state index contributed by atoms with van der Waals surface area (Å²) in [6.45, 7) is 2.05. The van der Waals surface area contributed by atoms with Gasteiger partial charge in [0.05, 0.1) is 21.7 Å². The average Bonchev–Trinajstić information content (AvgIpc) is 3.04. The molecule has 31 heavy (non-hydrogen) atoms. The van der Waals surface area contributed by atoms with Crippen LogP contribution >= 0.6 is 22.9 Å². The van der Waals surface area contributed by atoms with Crippen molar-refractivity contribution in [3.63, 3.8) is 0 Å². The molecular weight excluding hydrogens is 459 g/mol. The molecule has 0 aliphatic carbocycles. The van der Waals surface area contributed by atoms with Gasteiger partial charge in [-0.2, -0.15) is 0 Å². The molecule has 5 nitrogen and oxygen atoms in total. The van der Waals surface area contributed by atoms with Crippen molar-refractivity contribution in [3.8, 4) is 0 Å². The summed E-state index contributed by atoms with van der Waals surface area (Å²) in [6, 6.07) is 16.9. The second-order valence-electron chi connectivity index (χ2n) is 7.10. The number of nitrogens with one attached hydrogen (secondary N) is 1. The Morgan fingerprint density at radius 2 is 1.74 bits per heavy atom. The third kappa shape index (κ3) is 4.72. The molecule has 1 unspecified atom stereocenters. The van der Waals surface area contributed by atoms with Crippen molar-refractivity contribution in [3.05, 3.63) is 98.4 Å². The second-order valence-corrected chi connectivity index (χ2v) is 10.2. The van der Waals surface area contributed by atoms with Crippen LogP contribution in [-0.2, 0) is 16.6 Å². The van der Waals surface area contributed by atoms with E-state index in [1.165, 1.54) is 36.4 Å². The molecule has 160 valence electrons. The number of hydrogen-bond acceptors (Lipinski definition) is 4. The maximum Gasteiger partial charge on any atom is 0.308 e. The summed E-state index contributed by atoms with van der Waals surface area (Å²) in [5.74, 6) is -0.387. The van der Waals surface area contributed by atoms with E-state index in [4.69, 9.17) is 11.6 Å². The fraction of sp³-hybridized carbons (Fsp3) is 0.136. The average molecular weight is 477 g/mol. The minimum Gasteiger partial charge on any atom is -0.294 e. The van der Waals surface area contributed by atoms with E-state index in [1.807, 2.05) is 12.1 Å². The Bertz CT molecular complexity index is 1400. The minimum absolute atomic E-state index is 0.0638. The second kappa shape index (κ2) is 8.55. The topological polar surface area (TPSA) is 68.2 Å². The van der Waals surface area contributed by atoms with Crippen LogP contribution in [0.1, 0.15) is 24.1 Å². The van der Waals surface area contributed by atoms with Crippen molar-refractivity contribution in [2.24, 2.45) is 0 Å². The van der Waals surface area contributed by atoms with Crippen molar-refractivity contribution in [2.75, 3.05) is 0 Å². The Hall–Kier alpha value is -2.52. The molecule has 0 saturated carbocycles. The Kier molecular flexibility index (Phi) is 5.98. The lowest BCUT2D eigenvalue weighted by atomic mass is 10.1. The number of nitrogens with zero attached hydrogens (tertiary/aromatic N) is 1. The molecule has 0 spiro atoms. The van der Waals surface area contributed by atoms with Gasteiger partial charge in [-0.3, -0.25) is 9.36 Å². The van der Waals surface area contributed by atoms with Gasteiger partial charge in [0, 0.05) is 11.1 Å². The van der Waals surface area contributed by atoms with E-state index in [1.54, 1.807) is 29.7 Å². The minimum atomic E-state index is -3.84. The zero-order valence-corrected chi connectivity index (χ0v) is 18.8. The predicted molar refractivity (Wildman–Crippen MR) is 122 cm³/mol. The van der Waals surface area contributed by atoms with Gasteiger partial charge in [0.15, 0.2) is 0 Å². The first-order valence-corrected chi connectivity index (χ1v) is 12.1. The van der Waals surface area contributed by atoms with Gasteiger partial charge in [-0.05, 0) is 60.5 Å². The molecule has 0 amide bonds. The van der Waals surface area contributed by atoms with E-state index in [-0.39, 0.29) is 15.6 Å². The van der Waals surface area contributed by atoms with Gasteiger partial charge in [-0.25, -0.2) is 17.5 Å². The van der Waals surface area contributed by atoms with Crippen molar-refractivity contribution in [1.29, 1.82) is 0 Å². The van der Waals surface area contributed by atoms with Crippen molar-refractivity contribution in [1.82, 2.24) is 9.29 Å². The quantitative estimate of drug-likeness (QED) is 0.428. The summed E-state index contributed by atoms with van der Waals surface area (Å²) in [5, 5.41) is 0.614. The van der Waals surface area contributed by atoms with Gasteiger partial charge in [0.25, 0.3) is 0 Å². The molecule has 3 aromatic carbocycles. The summed E-state index contributed by atoms with van der Waals surface area (Å²) >= 11 is 6.91. The van der Waals surface area contributed by atoms with E-state index >= 15 is 0 Å². The van der Waals surface area contributed by atoms with Crippen LogP contribution in [0.15, 0.2) is 76.4 Å². The van der Waals surface area contributed by atoms with E-state index < -0.39 is 16.1 Å². The highest BCUT2D eigenvalue weighted by Crippen LogP contribution is 2.24. The fourth-order valence-corrected chi connectivity index (χ4v) is 5.64. The summed E-state index contributed by atoms with van der Waals surface area (Å²) in [4.78, 5) is 12.4. The number of aromatic nitrogens is 1. The van der Waals surface area contributed by atoms with Crippen LogP contribution < -0.4 is 9.60 Å². The lowest BCUT2D eigenvalue weighted by molar-refractivity contribution is 0.566. The van der Waals surface area contributed by atoms with E-state index in [9.17, 15) is 17.6 Å². The highest BCUT2D eigenvalue weighted by molar-refractivity contribution is 7.89. The normalized spacial score (nSPS) is 12.9. The number of fused-ring (bicyclic) bond motifs is 1. The van der Waals surface area contributed by atoms with Gasteiger partial charge < -0.3 is 0 Å². The van der Waals surface area contributed by atoms with Crippen molar-refractivity contribution < 1.29 is 12.8 Å². The summed E-state index contributed by atoms with van der Waals surface area (Å²) in [5.41, 5.74) is 2.22. The van der Waals surface area contributed by atoms with Gasteiger partial charge >= 0.3 is 4.87 Å². The third-order valence-electron chi connectivity index (χ3n) is 4.91. The number of benzene rings is 3. The van der Waals surface area contributed by atoms with Crippen LogP contribution in [0.25, 0.3) is 10.2 Å². The molecule has 0 radical (unpaired) electrons. The van der Waals surface area contributed by atoms with Gasteiger partial charge in [0.2, 0.25) is 10.0 Å². The van der Waals surface area contributed by atoms with E-state index in [2.05, 4.69) is 4.72 Å². The zero-order valence-electron chi connectivity index (χ0n) is 16.4. The highest BCUT2D eigenvalue weighted by Gasteiger charge is 2.20. The summed E-state index contributed by atoms with van der Waals surface area (Å²) < 4.78 is 43.6. The number of halogens is 2. The van der Waals surface area contributed by atoms with Crippen LogP contribution in [0.2, 0.25) is 5.02 Å². The van der Waals surface area contributed by atoms with Crippen LogP contribution in [0.3, 0.4) is 0 Å². The molecule has 4 aromatic rings. The lowest BCUT2D eigenvalue weighted by Gasteiger charge is -2.15. The zero-order chi connectivity index (χ0) is 22.2. The largest absolute Gasteiger partial charge is 0.308 e. The molecule has 0 saturated heterocycles. The molecule has 0 aliphatic heterocycles. The maximum absolute atomic E-state index is 13.1.